The van der Waals surface area contributed by atoms with Gasteiger partial charge in [-0.1, -0.05) is 17.7 Å². The average Bonchev–Trinajstić information content (AvgIpc) is 3.48. The van der Waals surface area contributed by atoms with E-state index in [0.29, 0.717) is 27.0 Å². The molecule has 3 aromatic rings. The van der Waals surface area contributed by atoms with Crippen LogP contribution in [0.15, 0.2) is 28.7 Å². The van der Waals surface area contributed by atoms with Gasteiger partial charge >= 0.3 is 0 Å². The number of ether oxygens (including phenoxy) is 2. The van der Waals surface area contributed by atoms with E-state index in [1.165, 1.54) is 41.1 Å². The molecule has 33 heavy (non-hydrogen) atoms. The molecule has 4 heterocycles. The van der Waals surface area contributed by atoms with E-state index >= 15 is 0 Å². The minimum absolute atomic E-state index is 0.157. The summed E-state index contributed by atoms with van der Waals surface area (Å²) in [6.07, 6.45) is 5.74. The molecule has 1 fully saturated rings. The number of nitrogens with zero attached hydrogens (tertiary/aromatic N) is 6. The first-order valence-electron chi connectivity index (χ1n) is 9.60. The van der Waals surface area contributed by atoms with Crippen molar-refractivity contribution in [1.29, 1.82) is 0 Å². The third-order valence-electron chi connectivity index (χ3n) is 5.05. The molecule has 0 aromatic carbocycles. The Bertz CT molecular complexity index is 1220. The van der Waals surface area contributed by atoms with Crippen LogP contribution in [-0.2, 0) is 9.47 Å². The zero-order chi connectivity index (χ0) is 23.5. The van der Waals surface area contributed by atoms with Crippen LogP contribution >= 0.6 is 23.1 Å². The van der Waals surface area contributed by atoms with E-state index in [0.717, 1.165) is 0 Å². The molecule has 4 N–H and O–H groups in total. The van der Waals surface area contributed by atoms with Crippen LogP contribution in [0, 0.1) is 18.9 Å². The molecule has 4 rings (SSSR count). The molecule has 0 radical (unpaired) electrons. The van der Waals surface area contributed by atoms with Crippen LogP contribution in [0.1, 0.15) is 11.6 Å². The largest absolute Gasteiger partial charge is 0.394 e. The standard InChI is InChI=1S/C20H19N7O4S2/c1-4-10-5-14(18(22-2)23-6-10)33-19-17(30-3)15(16(29)13(8-28)31-19)27-7-11(25-26-27)12-9-32-20(21)24-12/h1,5-7,9,13,15-17,19,28-29H,8H2,3H3,(H2,21,24)/t13?,15-,16-,17?,19+/m0/s1. The Balaban J connectivity index is 1.69. The lowest BCUT2D eigenvalue weighted by Gasteiger charge is -2.43. The van der Waals surface area contributed by atoms with Gasteiger partial charge < -0.3 is 30.3 Å². The highest BCUT2D eigenvalue weighted by molar-refractivity contribution is 8.00. The molecule has 0 spiro atoms. The first-order chi connectivity index (χ1) is 16.0. The molecule has 13 heteroatoms. The zero-order valence-electron chi connectivity index (χ0n) is 17.3. The number of rotatable bonds is 6. The fourth-order valence-corrected chi connectivity index (χ4v) is 5.28. The van der Waals surface area contributed by atoms with Crippen molar-refractivity contribution < 1.29 is 19.7 Å². The Morgan fingerprint density at radius 1 is 1.48 bits per heavy atom. The monoisotopic (exact) mass is 485 g/mol. The van der Waals surface area contributed by atoms with Gasteiger partial charge in [0.15, 0.2) is 5.13 Å². The van der Waals surface area contributed by atoms with E-state index < -0.39 is 36.4 Å². The molecule has 3 aromatic heterocycles. The number of nitrogens with two attached hydrogens (primary N) is 1. The lowest BCUT2D eigenvalue weighted by Crippen LogP contribution is -2.55. The van der Waals surface area contributed by atoms with E-state index in [9.17, 15) is 10.2 Å². The Hall–Kier alpha value is -3.04. The Labute approximate surface area is 197 Å². The third kappa shape index (κ3) is 4.56. The maximum atomic E-state index is 11.0. The van der Waals surface area contributed by atoms with Crippen LogP contribution in [0.25, 0.3) is 16.2 Å². The van der Waals surface area contributed by atoms with Crippen LogP contribution in [-0.4, -0.2) is 72.6 Å². The number of terminal acetylenes is 1. The number of aromatic nitrogens is 5. The smallest absolute Gasteiger partial charge is 0.283 e. The van der Waals surface area contributed by atoms with Crippen LogP contribution < -0.4 is 5.73 Å². The van der Waals surface area contributed by atoms with E-state index in [1.54, 1.807) is 17.6 Å². The molecule has 0 aliphatic carbocycles. The summed E-state index contributed by atoms with van der Waals surface area (Å²) in [5.41, 5.74) is 6.53. The summed E-state index contributed by atoms with van der Waals surface area (Å²) in [7, 11) is 1.48. The first kappa shape index (κ1) is 23.1. The second kappa shape index (κ2) is 9.84. The highest BCUT2D eigenvalue weighted by Gasteiger charge is 2.47. The van der Waals surface area contributed by atoms with Crippen molar-refractivity contribution in [3.05, 3.63) is 40.8 Å². The van der Waals surface area contributed by atoms with Crippen molar-refractivity contribution >= 4 is 34.0 Å². The highest BCUT2D eigenvalue weighted by atomic mass is 32.2. The van der Waals surface area contributed by atoms with Gasteiger partial charge in [0.1, 0.15) is 47.4 Å². The minimum Gasteiger partial charge on any atom is -0.394 e. The predicted molar refractivity (Wildman–Crippen MR) is 121 cm³/mol. The van der Waals surface area contributed by atoms with Crippen molar-refractivity contribution in [1.82, 2.24) is 25.0 Å². The van der Waals surface area contributed by atoms with Crippen molar-refractivity contribution in [2.24, 2.45) is 0 Å². The maximum absolute atomic E-state index is 11.0. The summed E-state index contributed by atoms with van der Waals surface area (Å²) in [4.78, 5) is 12.2. The maximum Gasteiger partial charge on any atom is 0.283 e. The number of nitrogen functional groups attached to an aromatic ring is 1. The normalized spacial score (nSPS) is 24.8. The molecule has 0 saturated carbocycles. The summed E-state index contributed by atoms with van der Waals surface area (Å²) in [5, 5.41) is 31.3. The van der Waals surface area contributed by atoms with E-state index in [1.807, 2.05) is 0 Å². The summed E-state index contributed by atoms with van der Waals surface area (Å²) in [5.74, 6) is 2.65. The Morgan fingerprint density at radius 2 is 2.30 bits per heavy atom. The summed E-state index contributed by atoms with van der Waals surface area (Å²) in [6, 6.07) is 0.908. The lowest BCUT2D eigenvalue weighted by molar-refractivity contribution is -0.186. The Kier molecular flexibility index (Phi) is 6.90. The quantitative estimate of drug-likeness (QED) is 0.345. The Morgan fingerprint density at radius 3 is 2.94 bits per heavy atom. The van der Waals surface area contributed by atoms with Crippen molar-refractivity contribution in [3.8, 4) is 23.7 Å². The molecule has 1 saturated heterocycles. The van der Waals surface area contributed by atoms with E-state index in [4.69, 9.17) is 28.2 Å². The molecule has 1 aliphatic rings. The van der Waals surface area contributed by atoms with Gasteiger partial charge in [-0.05, 0) is 6.07 Å². The van der Waals surface area contributed by atoms with Crippen LogP contribution in [0.2, 0.25) is 0 Å². The highest BCUT2D eigenvalue weighted by Crippen LogP contribution is 2.42. The fraction of sp³-hybridized carbons (Fsp3) is 0.350. The van der Waals surface area contributed by atoms with E-state index in [-0.39, 0.29) is 5.82 Å². The number of aliphatic hydroxyl groups is 2. The first-order valence-corrected chi connectivity index (χ1v) is 11.4. The number of aliphatic hydroxyl groups excluding tert-OH is 2. The number of hydrogen-bond donors (Lipinski definition) is 3. The molecule has 170 valence electrons. The topological polar surface area (TPSA) is 146 Å². The molecular formula is C20H19N7O4S2. The second-order valence-electron chi connectivity index (χ2n) is 6.98. The summed E-state index contributed by atoms with van der Waals surface area (Å²) < 4.78 is 13.1. The molecule has 2 unspecified atom stereocenters. The SMILES string of the molecule is [C-]#[N+]c1ncc(C#C)cc1S[C@H]1OC(CO)[C@H](O)[C@H](n2cc(-c3csc(N)n3)nn2)C1OC. The number of thioether (sulfide) groups is 1. The second-order valence-corrected chi connectivity index (χ2v) is 9.01. The predicted octanol–water partition coefficient (Wildman–Crippen LogP) is 1.34. The number of thiazole rings is 1. The number of pyridine rings is 1. The van der Waals surface area contributed by atoms with Gasteiger partial charge in [0.05, 0.1) is 18.4 Å². The van der Waals surface area contributed by atoms with Gasteiger partial charge in [0.2, 0.25) is 0 Å². The van der Waals surface area contributed by atoms with Crippen LogP contribution in [0.5, 0.6) is 0 Å². The lowest BCUT2D eigenvalue weighted by atomic mass is 9.97. The third-order valence-corrected chi connectivity index (χ3v) is 6.89. The molecule has 1 aliphatic heterocycles. The number of hydrogen-bond acceptors (Lipinski definition) is 11. The molecule has 5 atom stereocenters. The molecule has 0 bridgehead atoms. The van der Waals surface area contributed by atoms with Crippen LogP contribution in [0.3, 0.4) is 0 Å². The summed E-state index contributed by atoms with van der Waals surface area (Å²) >= 11 is 2.45. The van der Waals surface area contributed by atoms with Gasteiger partial charge in [0.25, 0.3) is 5.82 Å². The van der Waals surface area contributed by atoms with E-state index in [2.05, 4.69) is 31.0 Å². The molecular weight excluding hydrogens is 466 g/mol. The van der Waals surface area contributed by atoms with Crippen LogP contribution in [0.4, 0.5) is 10.9 Å². The molecule has 0 amide bonds. The number of methoxy groups -OCH3 is 1. The van der Waals surface area contributed by atoms with Crippen molar-refractivity contribution in [2.45, 2.75) is 34.7 Å². The average molecular weight is 486 g/mol. The van der Waals surface area contributed by atoms with Crippen molar-refractivity contribution in [2.75, 3.05) is 19.5 Å². The van der Waals surface area contributed by atoms with Crippen molar-refractivity contribution in [3.63, 3.8) is 0 Å². The summed E-state index contributed by atoms with van der Waals surface area (Å²) in [6.45, 7) is 6.97. The fourth-order valence-electron chi connectivity index (χ4n) is 3.47. The van der Waals surface area contributed by atoms with Gasteiger partial charge in [-0.25, -0.2) is 9.67 Å². The zero-order valence-corrected chi connectivity index (χ0v) is 18.9. The van der Waals surface area contributed by atoms with Gasteiger partial charge in [-0.3, -0.25) is 0 Å². The van der Waals surface area contributed by atoms with Gasteiger partial charge in [0, 0.05) is 17.4 Å². The minimum atomic E-state index is -1.15. The van der Waals surface area contributed by atoms with Gasteiger partial charge in [-0.15, -0.1) is 39.6 Å². The molecule has 11 nitrogen and oxygen atoms in total. The van der Waals surface area contributed by atoms with Gasteiger partial charge in [-0.2, -0.15) is 0 Å². The number of anilines is 1.